The second-order valence-electron chi connectivity index (χ2n) is 8.22. The van der Waals surface area contributed by atoms with E-state index in [2.05, 4.69) is 5.32 Å². The van der Waals surface area contributed by atoms with Crippen molar-refractivity contribution in [3.05, 3.63) is 70.8 Å². The van der Waals surface area contributed by atoms with Crippen molar-refractivity contribution in [2.24, 2.45) is 5.92 Å². The van der Waals surface area contributed by atoms with Crippen molar-refractivity contribution in [1.29, 1.82) is 0 Å². The first-order valence-electron chi connectivity index (χ1n) is 10.5. The van der Waals surface area contributed by atoms with Crippen LogP contribution in [0.2, 0.25) is 0 Å². The molecule has 1 aliphatic rings. The highest BCUT2D eigenvalue weighted by molar-refractivity contribution is 5.89. The number of ether oxygens (including phenoxy) is 1. The minimum Gasteiger partial charge on any atom is -0.374 e. The van der Waals surface area contributed by atoms with Gasteiger partial charge in [-0.2, -0.15) is 13.2 Å². The molecule has 32 heavy (non-hydrogen) atoms. The third-order valence-corrected chi connectivity index (χ3v) is 5.36. The number of benzene rings is 2. The molecule has 2 amide bonds. The zero-order chi connectivity index (χ0) is 23.3. The molecule has 1 unspecified atom stereocenters. The Hall–Kier alpha value is -2.87. The van der Waals surface area contributed by atoms with Gasteiger partial charge in [0.25, 0.3) is 0 Å². The van der Waals surface area contributed by atoms with Gasteiger partial charge in [0, 0.05) is 26.1 Å². The van der Waals surface area contributed by atoms with Crippen molar-refractivity contribution < 1.29 is 27.5 Å². The average molecular weight is 448 g/mol. The molecule has 0 bridgehead atoms. The monoisotopic (exact) mass is 448 g/mol. The first-order valence-corrected chi connectivity index (χ1v) is 10.5. The summed E-state index contributed by atoms with van der Waals surface area (Å²) in [7, 11) is 0. The van der Waals surface area contributed by atoms with E-state index in [1.54, 1.807) is 6.07 Å². The van der Waals surface area contributed by atoms with E-state index >= 15 is 0 Å². The third-order valence-electron chi connectivity index (χ3n) is 5.36. The number of hydrogen-bond acceptors (Lipinski definition) is 3. The highest BCUT2D eigenvalue weighted by Gasteiger charge is 2.35. The second-order valence-corrected chi connectivity index (χ2v) is 8.22. The average Bonchev–Trinajstić information content (AvgIpc) is 3.11. The fraction of sp³-hybridized carbons (Fsp3) is 0.417. The molecule has 2 aromatic rings. The molecule has 0 radical (unpaired) electrons. The molecule has 172 valence electrons. The number of nitrogens with zero attached hydrogens (tertiary/aromatic N) is 1. The van der Waals surface area contributed by atoms with E-state index in [1.165, 1.54) is 11.0 Å². The highest BCUT2D eigenvalue weighted by atomic mass is 19.4. The third kappa shape index (κ3) is 6.32. The summed E-state index contributed by atoms with van der Waals surface area (Å²) in [4.78, 5) is 26.4. The Labute approximate surface area is 185 Å². The number of alkyl halides is 3. The van der Waals surface area contributed by atoms with Crippen LogP contribution in [0.5, 0.6) is 0 Å². The van der Waals surface area contributed by atoms with E-state index < -0.39 is 17.7 Å². The summed E-state index contributed by atoms with van der Waals surface area (Å²) in [5.74, 6) is -1.02. The van der Waals surface area contributed by atoms with E-state index in [-0.39, 0.29) is 37.4 Å². The number of likely N-dealkylation sites (tertiary alicyclic amines) is 1. The molecule has 1 fully saturated rings. The van der Waals surface area contributed by atoms with Crippen LogP contribution < -0.4 is 5.32 Å². The topological polar surface area (TPSA) is 58.6 Å². The van der Waals surface area contributed by atoms with Gasteiger partial charge in [-0.05, 0) is 42.7 Å². The Kier molecular flexibility index (Phi) is 7.56. The van der Waals surface area contributed by atoms with Crippen LogP contribution in [0, 0.1) is 5.92 Å². The summed E-state index contributed by atoms with van der Waals surface area (Å²) < 4.78 is 44.4. The van der Waals surface area contributed by atoms with Crippen molar-refractivity contribution in [3.63, 3.8) is 0 Å². The van der Waals surface area contributed by atoms with Crippen molar-refractivity contribution in [3.8, 4) is 0 Å². The summed E-state index contributed by atoms with van der Waals surface area (Å²) in [6.45, 7) is 4.88. The molecule has 0 aliphatic carbocycles. The van der Waals surface area contributed by atoms with Crippen LogP contribution in [-0.2, 0) is 40.2 Å². The lowest BCUT2D eigenvalue weighted by atomic mass is 10.1. The van der Waals surface area contributed by atoms with Gasteiger partial charge in [-0.1, -0.05) is 36.4 Å². The standard InChI is InChI=1S/C24H27F3N2O3/c1-16(2)32-15-19-8-4-3-7-18(19)12-28-23(31)20-11-22(30)29(14-20)13-17-6-5-9-21(10-17)24(25,26)27/h3-10,16,20H,11-15H2,1-2H3,(H,28,31). The second kappa shape index (κ2) is 10.2. The number of hydrogen-bond donors (Lipinski definition) is 1. The fourth-order valence-electron chi connectivity index (χ4n) is 3.62. The van der Waals surface area contributed by atoms with Crippen LogP contribution in [0.1, 0.15) is 42.5 Å². The maximum Gasteiger partial charge on any atom is 0.416 e. The van der Waals surface area contributed by atoms with Gasteiger partial charge in [-0.3, -0.25) is 9.59 Å². The number of nitrogens with one attached hydrogen (secondary N) is 1. The maximum atomic E-state index is 12.9. The number of rotatable bonds is 8. The predicted molar refractivity (Wildman–Crippen MR) is 113 cm³/mol. The molecular weight excluding hydrogens is 421 g/mol. The van der Waals surface area contributed by atoms with Gasteiger partial charge in [-0.25, -0.2) is 0 Å². The van der Waals surface area contributed by atoms with Crippen LogP contribution in [0.15, 0.2) is 48.5 Å². The smallest absolute Gasteiger partial charge is 0.374 e. The van der Waals surface area contributed by atoms with E-state index in [1.807, 2.05) is 38.1 Å². The Morgan fingerprint density at radius 1 is 1.16 bits per heavy atom. The molecule has 1 N–H and O–H groups in total. The number of carbonyl (C=O) groups excluding carboxylic acids is 2. The Bertz CT molecular complexity index is 960. The van der Waals surface area contributed by atoms with Gasteiger partial charge in [0.05, 0.1) is 24.2 Å². The normalized spacial score (nSPS) is 16.6. The Balaban J connectivity index is 1.57. The van der Waals surface area contributed by atoms with Gasteiger partial charge in [0.1, 0.15) is 0 Å². The van der Waals surface area contributed by atoms with Crippen LogP contribution >= 0.6 is 0 Å². The van der Waals surface area contributed by atoms with Crippen LogP contribution in [0.4, 0.5) is 13.2 Å². The van der Waals surface area contributed by atoms with Crippen molar-refractivity contribution in [2.75, 3.05) is 6.54 Å². The van der Waals surface area contributed by atoms with Gasteiger partial charge >= 0.3 is 6.18 Å². The fourth-order valence-corrected chi connectivity index (χ4v) is 3.62. The van der Waals surface area contributed by atoms with Gasteiger partial charge in [-0.15, -0.1) is 0 Å². The quantitative estimate of drug-likeness (QED) is 0.655. The molecule has 0 spiro atoms. The number of carbonyl (C=O) groups is 2. The van der Waals surface area contributed by atoms with Crippen molar-refractivity contribution in [1.82, 2.24) is 10.2 Å². The van der Waals surface area contributed by atoms with Crippen molar-refractivity contribution in [2.45, 2.75) is 52.2 Å². The van der Waals surface area contributed by atoms with Crippen LogP contribution in [0.3, 0.4) is 0 Å². The summed E-state index contributed by atoms with van der Waals surface area (Å²) in [5, 5.41) is 2.88. The molecule has 0 saturated carbocycles. The first kappa shape index (κ1) is 23.8. The van der Waals surface area contributed by atoms with Crippen molar-refractivity contribution >= 4 is 11.8 Å². The zero-order valence-corrected chi connectivity index (χ0v) is 18.1. The summed E-state index contributed by atoms with van der Waals surface area (Å²) in [6, 6.07) is 12.6. The molecule has 2 aromatic carbocycles. The zero-order valence-electron chi connectivity index (χ0n) is 18.1. The summed E-state index contributed by atoms with van der Waals surface area (Å²) in [6.07, 6.45) is -4.31. The molecule has 3 rings (SSSR count). The lowest BCUT2D eigenvalue weighted by Crippen LogP contribution is -2.32. The molecule has 1 atom stereocenters. The molecule has 5 nitrogen and oxygen atoms in total. The summed E-state index contributed by atoms with van der Waals surface area (Å²) >= 11 is 0. The van der Waals surface area contributed by atoms with Gasteiger partial charge in [0.2, 0.25) is 11.8 Å². The minimum atomic E-state index is -4.44. The van der Waals surface area contributed by atoms with Gasteiger partial charge in [0.15, 0.2) is 0 Å². The molecule has 1 saturated heterocycles. The minimum absolute atomic E-state index is 0.0436. The molecule has 1 heterocycles. The number of amides is 2. The molecule has 1 aliphatic heterocycles. The lowest BCUT2D eigenvalue weighted by Gasteiger charge is -2.18. The molecule has 0 aromatic heterocycles. The van der Waals surface area contributed by atoms with Crippen LogP contribution in [-0.4, -0.2) is 29.4 Å². The summed E-state index contributed by atoms with van der Waals surface area (Å²) in [5.41, 5.74) is 1.55. The molecule has 8 heteroatoms. The van der Waals surface area contributed by atoms with Crippen LogP contribution in [0.25, 0.3) is 0 Å². The maximum absolute atomic E-state index is 12.9. The SMILES string of the molecule is CC(C)OCc1ccccc1CNC(=O)C1CC(=O)N(Cc2cccc(C(F)(F)F)c2)C1. The highest BCUT2D eigenvalue weighted by Crippen LogP contribution is 2.30. The van der Waals surface area contributed by atoms with E-state index in [4.69, 9.17) is 4.74 Å². The molecular formula is C24H27F3N2O3. The van der Waals surface area contributed by atoms with E-state index in [0.29, 0.717) is 18.7 Å². The van der Waals surface area contributed by atoms with E-state index in [9.17, 15) is 22.8 Å². The predicted octanol–water partition coefficient (Wildman–Crippen LogP) is 4.30. The number of halogens is 3. The Morgan fingerprint density at radius 3 is 2.56 bits per heavy atom. The van der Waals surface area contributed by atoms with Gasteiger partial charge < -0.3 is 15.0 Å². The lowest BCUT2D eigenvalue weighted by molar-refractivity contribution is -0.137. The first-order chi connectivity index (χ1) is 15.1. The largest absolute Gasteiger partial charge is 0.416 e. The van der Waals surface area contributed by atoms with E-state index in [0.717, 1.165) is 23.3 Å². The Morgan fingerprint density at radius 2 is 1.88 bits per heavy atom.